The maximum absolute atomic E-state index is 10.9. The van der Waals surface area contributed by atoms with Crippen molar-refractivity contribution < 1.29 is 19.4 Å². The van der Waals surface area contributed by atoms with E-state index in [-0.39, 0.29) is 11.8 Å². The Labute approximate surface area is 100 Å². The summed E-state index contributed by atoms with van der Waals surface area (Å²) < 4.78 is 10.7. The highest BCUT2D eigenvalue weighted by Crippen LogP contribution is 2.39. The lowest BCUT2D eigenvalue weighted by Crippen LogP contribution is -2.14. The van der Waals surface area contributed by atoms with Crippen LogP contribution in [0, 0.1) is 5.92 Å². The van der Waals surface area contributed by atoms with E-state index in [2.05, 4.69) is 0 Å². The molecule has 1 aromatic rings. The number of rotatable bonds is 4. The molecule has 1 heterocycles. The number of methoxy groups -OCH3 is 1. The van der Waals surface area contributed by atoms with E-state index < -0.39 is 5.97 Å². The lowest BCUT2D eigenvalue weighted by atomic mass is 9.91. The standard InChI is InChI=1S/C13H16O4/c1-8(13(14)15)5-9-7-17-12-4-3-10(16-2)6-11(9)12/h3-4,6,8-9H,5,7H2,1-2H3,(H,14,15). The summed E-state index contributed by atoms with van der Waals surface area (Å²) in [7, 11) is 1.62. The normalized spacial score (nSPS) is 19.3. The highest BCUT2D eigenvalue weighted by atomic mass is 16.5. The number of benzene rings is 1. The van der Waals surface area contributed by atoms with Gasteiger partial charge in [0.05, 0.1) is 19.6 Å². The molecule has 0 spiro atoms. The van der Waals surface area contributed by atoms with E-state index >= 15 is 0 Å². The highest BCUT2D eigenvalue weighted by Gasteiger charge is 2.28. The predicted octanol–water partition coefficient (Wildman–Crippen LogP) is 2.28. The summed E-state index contributed by atoms with van der Waals surface area (Å²) in [6.07, 6.45) is 0.593. The zero-order valence-corrected chi connectivity index (χ0v) is 9.97. The van der Waals surface area contributed by atoms with Crippen molar-refractivity contribution in [2.24, 2.45) is 5.92 Å². The fourth-order valence-corrected chi connectivity index (χ4v) is 2.11. The Morgan fingerprint density at radius 1 is 1.65 bits per heavy atom. The third-order valence-corrected chi connectivity index (χ3v) is 3.16. The van der Waals surface area contributed by atoms with Gasteiger partial charge in [0.15, 0.2) is 0 Å². The van der Waals surface area contributed by atoms with Gasteiger partial charge in [-0.15, -0.1) is 0 Å². The Kier molecular flexibility index (Phi) is 3.22. The third kappa shape index (κ3) is 2.35. The first-order chi connectivity index (χ1) is 8.11. The summed E-state index contributed by atoms with van der Waals surface area (Å²) in [4.78, 5) is 10.9. The van der Waals surface area contributed by atoms with Gasteiger partial charge in [0.1, 0.15) is 11.5 Å². The van der Waals surface area contributed by atoms with E-state index in [0.717, 1.165) is 17.1 Å². The van der Waals surface area contributed by atoms with Crippen LogP contribution in [0.5, 0.6) is 11.5 Å². The van der Waals surface area contributed by atoms with Crippen LogP contribution in [-0.2, 0) is 4.79 Å². The SMILES string of the molecule is COc1ccc2c(c1)C(CC(C)C(=O)O)CO2. The Bertz CT molecular complexity index is 427. The fourth-order valence-electron chi connectivity index (χ4n) is 2.11. The second kappa shape index (κ2) is 4.65. The van der Waals surface area contributed by atoms with Crippen molar-refractivity contribution in [3.63, 3.8) is 0 Å². The molecule has 17 heavy (non-hydrogen) atoms. The second-order valence-electron chi connectivity index (χ2n) is 4.39. The number of carbonyl (C=O) groups is 1. The second-order valence-corrected chi connectivity index (χ2v) is 4.39. The quantitative estimate of drug-likeness (QED) is 0.871. The van der Waals surface area contributed by atoms with Crippen molar-refractivity contribution in [2.45, 2.75) is 19.3 Å². The number of ether oxygens (including phenoxy) is 2. The van der Waals surface area contributed by atoms with Crippen LogP contribution in [0.25, 0.3) is 0 Å². The molecule has 2 atom stereocenters. The van der Waals surface area contributed by atoms with Crippen LogP contribution in [0.15, 0.2) is 18.2 Å². The van der Waals surface area contributed by atoms with Crippen LogP contribution >= 0.6 is 0 Å². The summed E-state index contributed by atoms with van der Waals surface area (Å²) in [5, 5.41) is 8.93. The van der Waals surface area contributed by atoms with E-state index in [1.165, 1.54) is 0 Å². The van der Waals surface area contributed by atoms with Crippen LogP contribution in [0.3, 0.4) is 0 Å². The predicted molar refractivity (Wildman–Crippen MR) is 62.6 cm³/mol. The third-order valence-electron chi connectivity index (χ3n) is 3.16. The van der Waals surface area contributed by atoms with Gasteiger partial charge in [0.25, 0.3) is 0 Å². The largest absolute Gasteiger partial charge is 0.497 e. The molecule has 0 amide bonds. The summed E-state index contributed by atoms with van der Waals surface area (Å²) >= 11 is 0. The Balaban J connectivity index is 2.17. The van der Waals surface area contributed by atoms with Crippen LogP contribution in [0.2, 0.25) is 0 Å². The van der Waals surface area contributed by atoms with Gasteiger partial charge in [0, 0.05) is 11.5 Å². The van der Waals surface area contributed by atoms with E-state index in [9.17, 15) is 4.79 Å². The lowest BCUT2D eigenvalue weighted by molar-refractivity contribution is -0.141. The number of fused-ring (bicyclic) bond motifs is 1. The summed E-state index contributed by atoms with van der Waals surface area (Å²) in [6, 6.07) is 5.66. The molecule has 2 rings (SSSR count). The van der Waals surface area contributed by atoms with Gasteiger partial charge in [-0.2, -0.15) is 0 Å². The van der Waals surface area contributed by atoms with Gasteiger partial charge in [-0.1, -0.05) is 6.92 Å². The molecule has 0 fully saturated rings. The maximum atomic E-state index is 10.9. The number of carboxylic acid groups (broad SMARTS) is 1. The van der Waals surface area contributed by atoms with Crippen molar-refractivity contribution in [3.05, 3.63) is 23.8 Å². The molecule has 1 aliphatic rings. The highest BCUT2D eigenvalue weighted by molar-refractivity contribution is 5.69. The molecule has 4 nitrogen and oxygen atoms in total. The van der Waals surface area contributed by atoms with Crippen LogP contribution in [-0.4, -0.2) is 24.8 Å². The van der Waals surface area contributed by atoms with E-state index in [1.54, 1.807) is 14.0 Å². The van der Waals surface area contributed by atoms with Gasteiger partial charge in [-0.3, -0.25) is 4.79 Å². The van der Waals surface area contributed by atoms with Crippen LogP contribution in [0.1, 0.15) is 24.8 Å². The minimum absolute atomic E-state index is 0.145. The maximum Gasteiger partial charge on any atom is 0.306 e. The van der Waals surface area contributed by atoms with E-state index in [4.69, 9.17) is 14.6 Å². The molecular formula is C13H16O4. The zero-order chi connectivity index (χ0) is 12.4. The van der Waals surface area contributed by atoms with Crippen molar-refractivity contribution in [2.75, 3.05) is 13.7 Å². The summed E-state index contributed by atoms with van der Waals surface area (Å²) in [6.45, 7) is 2.28. The molecule has 1 aliphatic heterocycles. The van der Waals surface area contributed by atoms with Crippen molar-refractivity contribution in [1.82, 2.24) is 0 Å². The first-order valence-electron chi connectivity index (χ1n) is 5.65. The zero-order valence-electron chi connectivity index (χ0n) is 9.97. The lowest BCUT2D eigenvalue weighted by Gasteiger charge is -2.12. The number of hydrogen-bond donors (Lipinski definition) is 1. The van der Waals surface area contributed by atoms with Crippen molar-refractivity contribution in [3.8, 4) is 11.5 Å². The Morgan fingerprint density at radius 2 is 2.41 bits per heavy atom. The molecule has 0 aliphatic carbocycles. The topological polar surface area (TPSA) is 55.8 Å². The molecule has 0 bridgehead atoms. The van der Waals surface area contributed by atoms with Crippen LogP contribution < -0.4 is 9.47 Å². The first-order valence-corrected chi connectivity index (χ1v) is 5.65. The van der Waals surface area contributed by atoms with Crippen molar-refractivity contribution in [1.29, 1.82) is 0 Å². The Morgan fingerprint density at radius 3 is 3.06 bits per heavy atom. The van der Waals surface area contributed by atoms with Gasteiger partial charge in [-0.25, -0.2) is 0 Å². The molecule has 0 radical (unpaired) electrons. The molecule has 2 unspecified atom stereocenters. The summed E-state index contributed by atoms with van der Waals surface area (Å²) in [5.41, 5.74) is 1.05. The minimum atomic E-state index is -0.763. The van der Waals surface area contributed by atoms with Gasteiger partial charge in [0.2, 0.25) is 0 Å². The molecule has 0 saturated carbocycles. The average Bonchev–Trinajstić information content (AvgIpc) is 2.71. The van der Waals surface area contributed by atoms with Gasteiger partial charge in [-0.05, 0) is 24.6 Å². The van der Waals surface area contributed by atoms with Gasteiger partial charge >= 0.3 is 5.97 Å². The van der Waals surface area contributed by atoms with Gasteiger partial charge < -0.3 is 14.6 Å². The number of aliphatic carboxylic acids is 1. The monoisotopic (exact) mass is 236 g/mol. The minimum Gasteiger partial charge on any atom is -0.497 e. The van der Waals surface area contributed by atoms with Crippen LogP contribution in [0.4, 0.5) is 0 Å². The first kappa shape index (κ1) is 11.8. The molecule has 0 saturated heterocycles. The summed E-state index contributed by atoms with van der Waals surface area (Å²) in [5.74, 6) is 0.643. The number of hydrogen-bond acceptors (Lipinski definition) is 3. The molecule has 0 aromatic heterocycles. The van der Waals surface area contributed by atoms with E-state index in [1.807, 2.05) is 18.2 Å². The molecule has 1 aromatic carbocycles. The average molecular weight is 236 g/mol. The smallest absolute Gasteiger partial charge is 0.306 e. The number of carboxylic acids is 1. The molecule has 92 valence electrons. The molecular weight excluding hydrogens is 220 g/mol. The van der Waals surface area contributed by atoms with E-state index in [0.29, 0.717) is 13.0 Å². The molecule has 4 heteroatoms. The molecule has 1 N–H and O–H groups in total. The fraction of sp³-hybridized carbons (Fsp3) is 0.462. The van der Waals surface area contributed by atoms with Crippen molar-refractivity contribution >= 4 is 5.97 Å². The Hall–Kier alpha value is -1.71.